The molecule has 3 aromatic rings. The van der Waals surface area contributed by atoms with Crippen molar-refractivity contribution in [1.82, 2.24) is 4.90 Å². The minimum Gasteiger partial charge on any atom is -0.496 e. The molecule has 0 aliphatic carbocycles. The Bertz CT molecular complexity index is 1120. The summed E-state index contributed by atoms with van der Waals surface area (Å²) >= 11 is 0. The second kappa shape index (κ2) is 11.4. The highest BCUT2D eigenvalue weighted by Crippen LogP contribution is 2.35. The second-order valence-corrected chi connectivity index (χ2v) is 9.21. The third-order valence-corrected chi connectivity index (χ3v) is 6.64. The number of rotatable bonds is 8. The summed E-state index contributed by atoms with van der Waals surface area (Å²) in [4.78, 5) is 17.9. The predicted molar refractivity (Wildman–Crippen MR) is 143 cm³/mol. The van der Waals surface area contributed by atoms with Gasteiger partial charge < -0.3 is 20.1 Å². The van der Waals surface area contributed by atoms with Gasteiger partial charge in [-0.2, -0.15) is 0 Å². The first-order valence-electron chi connectivity index (χ1n) is 12.3. The van der Waals surface area contributed by atoms with E-state index in [1.165, 1.54) is 5.56 Å². The van der Waals surface area contributed by atoms with Crippen molar-refractivity contribution >= 4 is 17.3 Å². The molecule has 0 spiro atoms. The highest BCUT2D eigenvalue weighted by atomic mass is 16.5. The van der Waals surface area contributed by atoms with Crippen LogP contribution in [0.1, 0.15) is 35.7 Å². The van der Waals surface area contributed by atoms with Gasteiger partial charge in [0.2, 0.25) is 0 Å². The summed E-state index contributed by atoms with van der Waals surface area (Å²) in [5.41, 5.74) is 5.46. The molecule has 1 aliphatic rings. The number of aliphatic hydroxyl groups excluding tert-OH is 1. The van der Waals surface area contributed by atoms with Crippen molar-refractivity contribution in [1.29, 1.82) is 0 Å². The molecule has 0 atom stereocenters. The molecule has 0 unspecified atom stereocenters. The maximum Gasteiger partial charge on any atom is 0.256 e. The number of piperazine rings is 1. The van der Waals surface area contributed by atoms with Gasteiger partial charge in [0.25, 0.3) is 5.91 Å². The van der Waals surface area contributed by atoms with Gasteiger partial charge in [-0.3, -0.25) is 9.69 Å². The molecule has 2 N–H and O–H groups in total. The first-order valence-corrected chi connectivity index (χ1v) is 12.3. The first-order chi connectivity index (χ1) is 17.0. The Hall–Kier alpha value is -3.35. The summed E-state index contributed by atoms with van der Waals surface area (Å²) in [6, 6.07) is 21.9. The topological polar surface area (TPSA) is 65.0 Å². The number of hydrogen-bond donors (Lipinski definition) is 2. The number of nitrogens with zero attached hydrogens (tertiary/aromatic N) is 2. The fraction of sp³-hybridized carbons (Fsp3) is 0.345. The number of nitrogens with one attached hydrogen (secondary N) is 1. The molecule has 0 bridgehead atoms. The van der Waals surface area contributed by atoms with E-state index in [0.29, 0.717) is 17.2 Å². The number of carbonyl (C=O) groups excluding carboxylic acids is 1. The molecule has 1 heterocycles. The lowest BCUT2D eigenvalue weighted by atomic mass is 9.95. The van der Waals surface area contributed by atoms with Gasteiger partial charge in [-0.05, 0) is 53.4 Å². The second-order valence-electron chi connectivity index (χ2n) is 9.21. The maximum atomic E-state index is 13.3. The third kappa shape index (κ3) is 5.84. The minimum atomic E-state index is -0.169. The molecule has 35 heavy (non-hydrogen) atoms. The molecule has 1 fully saturated rings. The van der Waals surface area contributed by atoms with Crippen molar-refractivity contribution in [2.24, 2.45) is 0 Å². The smallest absolute Gasteiger partial charge is 0.256 e. The molecular formula is C29H35N3O3. The Morgan fingerprint density at radius 2 is 1.66 bits per heavy atom. The van der Waals surface area contributed by atoms with Crippen LogP contribution in [0.5, 0.6) is 5.75 Å². The Balaban J connectivity index is 1.50. The average Bonchev–Trinajstić information content (AvgIpc) is 2.89. The lowest BCUT2D eigenvalue weighted by Gasteiger charge is -2.35. The number of benzene rings is 3. The normalized spacial score (nSPS) is 14.3. The van der Waals surface area contributed by atoms with Gasteiger partial charge in [0, 0.05) is 49.7 Å². The van der Waals surface area contributed by atoms with Crippen molar-refractivity contribution < 1.29 is 14.6 Å². The van der Waals surface area contributed by atoms with Crippen LogP contribution in [0, 0.1) is 0 Å². The van der Waals surface area contributed by atoms with Crippen molar-refractivity contribution in [2.45, 2.75) is 19.8 Å². The lowest BCUT2D eigenvalue weighted by Crippen LogP contribution is -2.47. The number of carbonyl (C=O) groups is 1. The van der Waals surface area contributed by atoms with Gasteiger partial charge in [0.05, 0.1) is 19.3 Å². The molecule has 184 valence electrons. The van der Waals surface area contributed by atoms with E-state index >= 15 is 0 Å². The van der Waals surface area contributed by atoms with Gasteiger partial charge in [0.15, 0.2) is 0 Å². The molecule has 1 aliphatic heterocycles. The summed E-state index contributed by atoms with van der Waals surface area (Å²) in [6.45, 7) is 8.99. The third-order valence-electron chi connectivity index (χ3n) is 6.64. The molecule has 1 amide bonds. The summed E-state index contributed by atoms with van der Waals surface area (Å²) in [5.74, 6) is 0.944. The fourth-order valence-corrected chi connectivity index (χ4v) is 4.55. The molecule has 6 nitrogen and oxygen atoms in total. The molecular weight excluding hydrogens is 438 g/mol. The zero-order valence-corrected chi connectivity index (χ0v) is 20.8. The van der Waals surface area contributed by atoms with Gasteiger partial charge >= 0.3 is 0 Å². The molecule has 0 radical (unpaired) electrons. The van der Waals surface area contributed by atoms with Crippen LogP contribution in [0.4, 0.5) is 11.4 Å². The van der Waals surface area contributed by atoms with Gasteiger partial charge in [-0.15, -0.1) is 0 Å². The zero-order valence-electron chi connectivity index (χ0n) is 20.8. The molecule has 0 aromatic heterocycles. The zero-order chi connectivity index (χ0) is 24.8. The van der Waals surface area contributed by atoms with E-state index < -0.39 is 0 Å². The monoisotopic (exact) mass is 473 g/mol. The summed E-state index contributed by atoms with van der Waals surface area (Å²) < 4.78 is 5.62. The van der Waals surface area contributed by atoms with Crippen LogP contribution in [-0.2, 0) is 0 Å². The number of hydrogen-bond acceptors (Lipinski definition) is 5. The highest BCUT2D eigenvalue weighted by molar-refractivity contribution is 6.09. The fourth-order valence-electron chi connectivity index (χ4n) is 4.55. The van der Waals surface area contributed by atoms with Crippen LogP contribution < -0.4 is 15.0 Å². The molecule has 0 saturated carbocycles. The first kappa shape index (κ1) is 24.8. The van der Waals surface area contributed by atoms with Gasteiger partial charge in [0.1, 0.15) is 5.75 Å². The van der Waals surface area contributed by atoms with Crippen molar-refractivity contribution in [3.8, 4) is 16.9 Å². The summed E-state index contributed by atoms with van der Waals surface area (Å²) in [7, 11) is 1.63. The van der Waals surface area contributed by atoms with Crippen LogP contribution in [-0.4, -0.2) is 62.4 Å². The number of ether oxygens (including phenoxy) is 1. The van der Waals surface area contributed by atoms with Crippen LogP contribution >= 0.6 is 0 Å². The van der Waals surface area contributed by atoms with Crippen molar-refractivity contribution in [2.75, 3.05) is 56.7 Å². The van der Waals surface area contributed by atoms with Gasteiger partial charge in [-0.25, -0.2) is 0 Å². The average molecular weight is 474 g/mol. The SMILES string of the molecule is COc1cccc(C(=O)Nc2ccc(N3CCN(CCO)CC3)cc2)c1-c1ccc(C(C)C)cc1. The number of β-amino-alcohol motifs (C(OH)–C–C–N with tert-alkyl or cyclic N) is 1. The molecule has 6 heteroatoms. The largest absolute Gasteiger partial charge is 0.496 e. The van der Waals surface area contributed by atoms with E-state index in [9.17, 15) is 4.79 Å². The van der Waals surface area contributed by atoms with Crippen LogP contribution in [0.3, 0.4) is 0 Å². The highest BCUT2D eigenvalue weighted by Gasteiger charge is 2.19. The van der Waals surface area contributed by atoms with E-state index in [0.717, 1.165) is 55.2 Å². The number of aliphatic hydroxyl groups is 1. The molecule has 1 saturated heterocycles. The van der Waals surface area contributed by atoms with E-state index in [1.54, 1.807) is 7.11 Å². The molecule has 3 aromatic carbocycles. The van der Waals surface area contributed by atoms with Crippen LogP contribution in [0.25, 0.3) is 11.1 Å². The standard InChI is InChI=1S/C29H35N3O3/c1-21(2)22-7-9-23(10-8-22)28-26(5-4-6-27(28)35-3)29(34)30-24-11-13-25(14-12-24)32-17-15-31(16-18-32)19-20-33/h4-14,21,33H,15-20H2,1-3H3,(H,30,34). The van der Waals surface area contributed by atoms with Crippen LogP contribution in [0.2, 0.25) is 0 Å². The van der Waals surface area contributed by atoms with Gasteiger partial charge in [-0.1, -0.05) is 44.2 Å². The Morgan fingerprint density at radius 1 is 0.971 bits per heavy atom. The van der Waals surface area contributed by atoms with Crippen molar-refractivity contribution in [3.63, 3.8) is 0 Å². The Kier molecular flexibility index (Phi) is 8.06. The number of anilines is 2. The van der Waals surface area contributed by atoms with Crippen LogP contribution in [0.15, 0.2) is 66.7 Å². The maximum absolute atomic E-state index is 13.3. The number of amides is 1. The Labute approximate surface area is 208 Å². The predicted octanol–water partition coefficient (Wildman–Crippen LogP) is 4.85. The van der Waals surface area contributed by atoms with E-state index in [-0.39, 0.29) is 12.5 Å². The quantitative estimate of drug-likeness (QED) is 0.490. The number of methoxy groups -OCH3 is 1. The summed E-state index contributed by atoms with van der Waals surface area (Å²) in [5, 5.41) is 12.2. The van der Waals surface area contributed by atoms with Crippen molar-refractivity contribution in [3.05, 3.63) is 77.9 Å². The summed E-state index contributed by atoms with van der Waals surface area (Å²) in [6.07, 6.45) is 0. The minimum absolute atomic E-state index is 0.169. The lowest BCUT2D eigenvalue weighted by molar-refractivity contribution is 0.102. The van der Waals surface area contributed by atoms with E-state index in [2.05, 4.69) is 65.4 Å². The van der Waals surface area contributed by atoms with E-state index in [1.807, 2.05) is 30.3 Å². The Morgan fingerprint density at radius 3 is 2.26 bits per heavy atom. The van der Waals surface area contributed by atoms with E-state index in [4.69, 9.17) is 9.84 Å². The molecule has 4 rings (SSSR count).